The molecule has 2 rings (SSSR count). The van der Waals surface area contributed by atoms with Crippen molar-refractivity contribution in [3.8, 4) is 0 Å². The summed E-state index contributed by atoms with van der Waals surface area (Å²) in [4.78, 5) is 23.7. The van der Waals surface area contributed by atoms with Gasteiger partial charge in [0.05, 0.1) is 22.5 Å². The number of hydrogen-bond donors (Lipinski definition) is 2. The molecule has 1 amide bonds. The molecule has 0 bridgehead atoms. The summed E-state index contributed by atoms with van der Waals surface area (Å²) >= 11 is 5.88. The minimum absolute atomic E-state index is 0.0303. The molecule has 0 aromatic heterocycles. The van der Waals surface area contributed by atoms with Gasteiger partial charge in [-0.05, 0) is 30.7 Å². The molecule has 2 aromatic rings. The second kappa shape index (κ2) is 7.24. The van der Waals surface area contributed by atoms with Crippen molar-refractivity contribution < 1.29 is 19.1 Å². The van der Waals surface area contributed by atoms with E-state index >= 15 is 0 Å². The van der Waals surface area contributed by atoms with E-state index < -0.39 is 29.7 Å². The van der Waals surface area contributed by atoms with Gasteiger partial charge in [0.2, 0.25) is 0 Å². The average molecular weight is 336 g/mol. The highest BCUT2D eigenvalue weighted by atomic mass is 35.5. The van der Waals surface area contributed by atoms with E-state index in [2.05, 4.69) is 5.32 Å². The van der Waals surface area contributed by atoms with Crippen LogP contribution in [0.1, 0.15) is 28.9 Å². The summed E-state index contributed by atoms with van der Waals surface area (Å²) in [5, 5.41) is 11.9. The highest BCUT2D eigenvalue weighted by Gasteiger charge is 2.27. The molecular weight excluding hydrogens is 321 g/mol. The fourth-order valence-corrected chi connectivity index (χ4v) is 2.45. The van der Waals surface area contributed by atoms with Gasteiger partial charge >= 0.3 is 5.97 Å². The zero-order valence-corrected chi connectivity index (χ0v) is 13.0. The van der Waals surface area contributed by atoms with Crippen LogP contribution in [0.3, 0.4) is 0 Å². The van der Waals surface area contributed by atoms with Crippen molar-refractivity contribution in [3.63, 3.8) is 0 Å². The van der Waals surface area contributed by atoms with Crippen molar-refractivity contribution in [2.75, 3.05) is 0 Å². The first kappa shape index (κ1) is 17.0. The molecule has 2 unspecified atom stereocenters. The maximum absolute atomic E-state index is 13.1. The number of carboxylic acids is 1. The Kier molecular flexibility index (Phi) is 5.34. The molecule has 0 aliphatic heterocycles. The Balaban J connectivity index is 2.30. The van der Waals surface area contributed by atoms with E-state index in [0.717, 1.165) is 12.1 Å². The number of carbonyl (C=O) groups is 2. The smallest absolute Gasteiger partial charge is 0.308 e. The average Bonchev–Trinajstić information content (AvgIpc) is 2.52. The van der Waals surface area contributed by atoms with Crippen LogP contribution in [0.5, 0.6) is 0 Å². The molecule has 6 heteroatoms. The molecule has 0 aliphatic rings. The third-order valence-electron chi connectivity index (χ3n) is 3.51. The first-order chi connectivity index (χ1) is 10.9. The van der Waals surface area contributed by atoms with Crippen LogP contribution in [0.4, 0.5) is 4.39 Å². The SMILES string of the molecule is CC(C(=O)O)C(NC(=O)c1ccc(F)cc1Cl)c1ccccc1. The fraction of sp³-hybridized carbons (Fsp3) is 0.176. The number of amides is 1. The molecule has 2 N–H and O–H groups in total. The molecule has 0 fully saturated rings. The van der Waals surface area contributed by atoms with Crippen molar-refractivity contribution in [2.24, 2.45) is 5.92 Å². The first-order valence-corrected chi connectivity index (χ1v) is 7.31. The molecule has 0 radical (unpaired) electrons. The molecule has 4 nitrogen and oxygen atoms in total. The van der Waals surface area contributed by atoms with Gasteiger partial charge in [-0.25, -0.2) is 4.39 Å². The summed E-state index contributed by atoms with van der Waals surface area (Å²) in [5.74, 6) is -2.99. The summed E-state index contributed by atoms with van der Waals surface area (Å²) in [7, 11) is 0. The van der Waals surface area contributed by atoms with E-state index in [1.165, 1.54) is 13.0 Å². The van der Waals surface area contributed by atoms with E-state index in [4.69, 9.17) is 11.6 Å². The third kappa shape index (κ3) is 4.07. The number of halogens is 2. The lowest BCUT2D eigenvalue weighted by molar-refractivity contribution is -0.142. The van der Waals surface area contributed by atoms with Gasteiger partial charge in [0.15, 0.2) is 0 Å². The first-order valence-electron chi connectivity index (χ1n) is 6.94. The lowest BCUT2D eigenvalue weighted by Gasteiger charge is -2.23. The fourth-order valence-electron chi connectivity index (χ4n) is 2.19. The van der Waals surface area contributed by atoms with Gasteiger partial charge in [-0.2, -0.15) is 0 Å². The predicted molar refractivity (Wildman–Crippen MR) is 84.9 cm³/mol. The molecular formula is C17H15ClFNO3. The van der Waals surface area contributed by atoms with E-state index in [1.54, 1.807) is 30.3 Å². The Morgan fingerprint density at radius 2 is 1.83 bits per heavy atom. The number of aliphatic carboxylic acids is 1. The van der Waals surface area contributed by atoms with E-state index in [-0.39, 0.29) is 10.6 Å². The summed E-state index contributed by atoms with van der Waals surface area (Å²) in [6, 6.07) is 11.5. The zero-order valence-electron chi connectivity index (χ0n) is 12.3. The maximum atomic E-state index is 13.1. The van der Waals surface area contributed by atoms with Gasteiger partial charge in [0, 0.05) is 0 Å². The largest absolute Gasteiger partial charge is 0.481 e. The molecule has 120 valence electrons. The van der Waals surface area contributed by atoms with Crippen LogP contribution >= 0.6 is 11.6 Å². The zero-order chi connectivity index (χ0) is 17.0. The number of nitrogens with one attached hydrogen (secondary N) is 1. The Labute approximate surface area is 137 Å². The van der Waals surface area contributed by atoms with E-state index in [9.17, 15) is 19.1 Å². The van der Waals surface area contributed by atoms with Crippen LogP contribution in [0, 0.1) is 11.7 Å². The van der Waals surface area contributed by atoms with E-state index in [0.29, 0.717) is 5.56 Å². The van der Waals surface area contributed by atoms with Gasteiger partial charge in [-0.3, -0.25) is 9.59 Å². The summed E-state index contributed by atoms with van der Waals surface area (Å²) < 4.78 is 13.1. The molecule has 0 saturated heterocycles. The van der Waals surface area contributed by atoms with Crippen LogP contribution in [0.15, 0.2) is 48.5 Å². The standard InChI is InChI=1S/C17H15ClFNO3/c1-10(17(22)23)15(11-5-3-2-4-6-11)20-16(21)13-8-7-12(19)9-14(13)18/h2-10,15H,1H3,(H,20,21)(H,22,23). The van der Waals surface area contributed by atoms with Gasteiger partial charge in [0.1, 0.15) is 5.82 Å². The Morgan fingerprint density at radius 1 is 1.17 bits per heavy atom. The molecule has 23 heavy (non-hydrogen) atoms. The Bertz CT molecular complexity index is 721. The molecule has 2 atom stereocenters. The highest BCUT2D eigenvalue weighted by Crippen LogP contribution is 2.24. The molecule has 0 saturated carbocycles. The number of benzene rings is 2. The number of carboxylic acid groups (broad SMARTS) is 1. The second-order valence-corrected chi connectivity index (χ2v) is 5.52. The Hall–Kier alpha value is -2.40. The van der Waals surface area contributed by atoms with Crippen LogP contribution in [-0.4, -0.2) is 17.0 Å². The Morgan fingerprint density at radius 3 is 2.39 bits per heavy atom. The van der Waals surface area contributed by atoms with Gasteiger partial charge in [0.25, 0.3) is 5.91 Å². The number of hydrogen-bond acceptors (Lipinski definition) is 2. The summed E-state index contributed by atoms with van der Waals surface area (Å²) in [5.41, 5.74) is 0.751. The lowest BCUT2D eigenvalue weighted by Crippen LogP contribution is -2.35. The predicted octanol–water partition coefficient (Wildman–Crippen LogP) is 3.67. The number of rotatable bonds is 5. The van der Waals surface area contributed by atoms with Crippen molar-refractivity contribution in [3.05, 3.63) is 70.5 Å². The van der Waals surface area contributed by atoms with Crippen molar-refractivity contribution in [1.82, 2.24) is 5.32 Å². The van der Waals surface area contributed by atoms with Crippen LogP contribution < -0.4 is 5.32 Å². The van der Waals surface area contributed by atoms with Crippen molar-refractivity contribution in [1.29, 1.82) is 0 Å². The van der Waals surface area contributed by atoms with Crippen LogP contribution in [0.25, 0.3) is 0 Å². The molecule has 0 spiro atoms. The molecule has 0 aliphatic carbocycles. The van der Waals surface area contributed by atoms with Gasteiger partial charge < -0.3 is 10.4 Å². The van der Waals surface area contributed by atoms with Crippen molar-refractivity contribution >= 4 is 23.5 Å². The topological polar surface area (TPSA) is 66.4 Å². The lowest BCUT2D eigenvalue weighted by atomic mass is 9.94. The summed E-state index contributed by atoms with van der Waals surface area (Å²) in [6.07, 6.45) is 0. The van der Waals surface area contributed by atoms with Gasteiger partial charge in [-0.15, -0.1) is 0 Å². The second-order valence-electron chi connectivity index (χ2n) is 5.11. The minimum Gasteiger partial charge on any atom is -0.481 e. The summed E-state index contributed by atoms with van der Waals surface area (Å²) in [6.45, 7) is 1.51. The maximum Gasteiger partial charge on any atom is 0.308 e. The third-order valence-corrected chi connectivity index (χ3v) is 3.82. The van der Waals surface area contributed by atoms with Crippen molar-refractivity contribution in [2.45, 2.75) is 13.0 Å². The van der Waals surface area contributed by atoms with Gasteiger partial charge in [-0.1, -0.05) is 41.9 Å². The highest BCUT2D eigenvalue weighted by molar-refractivity contribution is 6.33. The molecule has 0 heterocycles. The van der Waals surface area contributed by atoms with E-state index in [1.807, 2.05) is 0 Å². The molecule has 2 aromatic carbocycles. The minimum atomic E-state index is -1.04. The quantitative estimate of drug-likeness (QED) is 0.876. The monoisotopic (exact) mass is 335 g/mol. The van der Waals surface area contributed by atoms with Crippen LogP contribution in [0.2, 0.25) is 5.02 Å². The number of carbonyl (C=O) groups excluding carboxylic acids is 1. The normalized spacial score (nSPS) is 13.2. The van der Waals surface area contributed by atoms with Crippen LogP contribution in [-0.2, 0) is 4.79 Å².